The first-order valence-corrected chi connectivity index (χ1v) is 50.4. The molecule has 0 aliphatic carbocycles. The number of carbonyl (C=O) groups is 25. The number of allylic oxidation sites excluding steroid dienone is 1. The van der Waals surface area contributed by atoms with E-state index in [4.69, 9.17) is 17.2 Å². The number of imide groups is 5. The smallest absolute Gasteiger partial charge is 0.333 e. The number of hydrogen-bond acceptors (Lipinski definition) is 43. The molecule has 3 aliphatic heterocycles. The Morgan fingerprint density at radius 2 is 0.673 bits per heavy atom. The first-order valence-electron chi connectivity index (χ1n) is 50.0. The summed E-state index contributed by atoms with van der Waals surface area (Å²) in [5, 5.41) is 82.2. The summed E-state index contributed by atoms with van der Waals surface area (Å²) in [5.41, 5.74) is 31.6. The summed E-state index contributed by atoms with van der Waals surface area (Å²) in [5.74, 6) is -18.0. The van der Waals surface area contributed by atoms with E-state index in [0.29, 0.717) is 118 Å². The number of aliphatic hydroxyl groups is 6. The summed E-state index contributed by atoms with van der Waals surface area (Å²) in [6, 6.07) is -8.41. The number of thiol groups is 1. The SMILES string of the molecule is C=CCC.CCCCCNS.CC[C@@H](CCCCNC(=O)[C@H](CO)NC(=O)CNN[C@@H](CO)C(=O)CC(=O)CCCC(=O)NC(=O)[C@H](CO)NC(=O)CNC(=O)[C@H](CO)NNCCCC[C@H](CC)C(=O)NCCCC[C@H](NC)C(N)=O)C(N)=O.CC[C@@H](CCCCNN[C@@H](CO)C(=O)NCC(=O)N[C@@H](CO)C(=O)NC(=O)CCCC(=O)ON1C(=O)CCC1=O)C(N)=O.O=C(CCCC(=O)ON1C(=O)CCC1=O)ON1C(=O)CCC1=O. The maximum atomic E-state index is 12.6. The van der Waals surface area contributed by atoms with Crippen LogP contribution in [-0.2, 0) is 134 Å². The van der Waals surface area contributed by atoms with Gasteiger partial charge >= 0.3 is 17.9 Å². The van der Waals surface area contributed by atoms with Gasteiger partial charge in [-0.2, -0.15) is 0 Å². The van der Waals surface area contributed by atoms with Crippen molar-refractivity contribution in [3.8, 4) is 0 Å². The molecule has 0 bridgehead atoms. The van der Waals surface area contributed by atoms with E-state index in [2.05, 4.69) is 128 Å². The number of rotatable bonds is 77. The van der Waals surface area contributed by atoms with E-state index >= 15 is 0 Å². The number of nitrogens with two attached hydrogens (primary N) is 3. The fraction of sp³-hybridized carbons (Fsp3) is 0.707. The molecule has 3 saturated heterocycles. The number of Topliss-reactive ketones (excluding diaryl/α,β-unsaturated/α-hetero) is 2. The van der Waals surface area contributed by atoms with Gasteiger partial charge in [-0.1, -0.05) is 85.6 Å². The van der Waals surface area contributed by atoms with Gasteiger partial charge in [0.25, 0.3) is 47.3 Å². The number of amides is 20. The molecule has 0 saturated carbocycles. The Balaban J connectivity index is 0. The minimum atomic E-state index is -1.60. The lowest BCUT2D eigenvalue weighted by Gasteiger charge is -2.19. The standard InChI is InChI=1S/C45H83N13O15.C25H41N7O11.C13H14N2O8.C5H13NS.C4H8/c1-4-28(40(46)68)13-6-9-19-50-43(71)33(25-60)54-39(67)23-53-57-32(24-59)36(64)21-30(63)15-12-17-37(65)56-45(73)34(26-61)55-38(66)22-51-44(72)35(27-62)58-52-20-11-7-14-29(5-2)42(70)49-18-10-8-16-31(48-3)41(47)69;1-2-15(23(26)40)6-3-4-11-28-31-17(14-34)24(41)27-12-19(36)29-16(13-33)25(42)30-18(35)7-5-8-22(39)43-32-20(37)9-10-21(32)38;16-8-4-5-9(17)14(8)22-12(20)2-1-3-13(21)23-15-10(18)6-7-11(15)19;1-2-3-4-5-6-7;1-3-4-2/h28-29,31-35,48,52-53,57-62H,4-27H2,1-3H3,(H2,46,68)(H2,47,69)(H,49,70)(H,50,71)(H,51,72)(H,54,67)(H,55,66)(H,56,65,73);15-17,28,31,33-34H,2-14H2,1H3,(H2,26,40)(H,27,41)(H,29,36)(H,30,35,42);1-7H2;6-7H,2-5H2,1H3;3H,1,4H2,2H3/t28-,29-,31-,32-,33-,34-,35-;15-,16-,17-;;;/m00.../s1. The van der Waals surface area contributed by atoms with E-state index in [1.54, 1.807) is 7.05 Å². The number of hydrazine groups is 3. The molecule has 0 aromatic rings. The summed E-state index contributed by atoms with van der Waals surface area (Å²) in [6.45, 7) is 9.65. The molecule has 150 heavy (non-hydrogen) atoms. The molecule has 3 rings (SSSR count). The Morgan fingerprint density at radius 1 is 0.353 bits per heavy atom. The molecule has 0 spiro atoms. The fourth-order valence-corrected chi connectivity index (χ4v) is 13.3. The highest BCUT2D eigenvalue weighted by Gasteiger charge is 2.37. The van der Waals surface area contributed by atoms with Gasteiger partial charge in [0.1, 0.15) is 42.0 Å². The molecule has 20 amide bonds. The molecule has 0 unspecified atom stereocenters. The van der Waals surface area contributed by atoms with Gasteiger partial charge in [-0.15, -0.1) is 21.8 Å². The highest BCUT2D eigenvalue weighted by molar-refractivity contribution is 7.78. The van der Waals surface area contributed by atoms with Gasteiger partial charge < -0.3 is 105 Å². The first kappa shape index (κ1) is 140. The lowest BCUT2D eigenvalue weighted by Crippen LogP contribution is -2.55. The molecule has 3 heterocycles. The van der Waals surface area contributed by atoms with Crippen LogP contribution in [0.3, 0.4) is 0 Å². The number of carbonyl (C=O) groups excluding carboxylic acids is 25. The predicted molar refractivity (Wildman–Crippen MR) is 533 cm³/mol. The van der Waals surface area contributed by atoms with E-state index in [0.717, 1.165) is 25.8 Å². The average Bonchev–Trinajstić information content (AvgIpc) is 1.75. The molecule has 3 fully saturated rings. The average molecular weight is 2160 g/mol. The number of nitrogens with one attached hydrogen (secondary N) is 17. The van der Waals surface area contributed by atoms with Crippen molar-refractivity contribution >= 4 is 160 Å². The van der Waals surface area contributed by atoms with E-state index in [9.17, 15) is 151 Å². The van der Waals surface area contributed by atoms with Crippen molar-refractivity contribution < 1.29 is 165 Å². The Morgan fingerprint density at radius 3 is 1.01 bits per heavy atom. The van der Waals surface area contributed by atoms with Crippen LogP contribution in [0.5, 0.6) is 0 Å². The maximum absolute atomic E-state index is 12.6. The van der Waals surface area contributed by atoms with Crippen LogP contribution in [0.25, 0.3) is 0 Å². The minimum Gasteiger partial charge on any atom is -0.394 e. The Kier molecular flexibility index (Phi) is 79.5. The van der Waals surface area contributed by atoms with Gasteiger partial charge in [-0.3, -0.25) is 132 Å². The van der Waals surface area contributed by atoms with Gasteiger partial charge in [-0.25, -0.2) is 36.1 Å². The van der Waals surface area contributed by atoms with Gasteiger partial charge in [0.05, 0.1) is 71.7 Å². The second kappa shape index (κ2) is 85.4. The second-order valence-electron chi connectivity index (χ2n) is 34.1. The molecular formula is C92H159N23O34S. The van der Waals surface area contributed by atoms with Crippen molar-refractivity contribution in [3.05, 3.63) is 12.7 Å². The summed E-state index contributed by atoms with van der Waals surface area (Å²) in [4.78, 5) is 312. The molecule has 3 aliphatic rings. The molecule has 0 radical (unpaired) electrons. The third-order valence-electron chi connectivity index (χ3n) is 22.1. The summed E-state index contributed by atoms with van der Waals surface area (Å²) >= 11 is 3.84. The zero-order valence-corrected chi connectivity index (χ0v) is 87.2. The molecule has 0 aromatic carbocycles. The van der Waals surface area contributed by atoms with E-state index in [1.807, 2.05) is 37.5 Å². The zero-order valence-electron chi connectivity index (χ0n) is 86.3. The highest BCUT2D eigenvalue weighted by atomic mass is 32.1. The van der Waals surface area contributed by atoms with E-state index in [-0.39, 0.29) is 132 Å². The second-order valence-corrected chi connectivity index (χ2v) is 34.4. The summed E-state index contributed by atoms with van der Waals surface area (Å²) in [6.07, 6.45) is 13.7. The fourth-order valence-electron chi connectivity index (χ4n) is 13.2. The molecule has 58 heteroatoms. The van der Waals surface area contributed by atoms with E-state index < -0.39 is 244 Å². The molecule has 0 aromatic heterocycles. The molecular weight excluding hydrogens is 2000 g/mol. The third kappa shape index (κ3) is 64.3. The number of likely N-dealkylation sites (N-methyl/N-ethyl adjacent to an activating group) is 1. The van der Waals surface area contributed by atoms with Gasteiger partial charge in [0.2, 0.25) is 70.9 Å². The first-order chi connectivity index (χ1) is 71.4. The number of aliphatic hydroxyl groups excluding tert-OH is 6. The van der Waals surface area contributed by atoms with Crippen molar-refractivity contribution in [2.45, 2.75) is 302 Å². The van der Waals surface area contributed by atoms with Crippen molar-refractivity contribution in [1.82, 2.24) is 106 Å². The predicted octanol–water partition coefficient (Wildman–Crippen LogP) is -7.64. The number of hydrogen-bond donors (Lipinski definition) is 27. The topological polar surface area (TPSA) is 868 Å². The normalized spacial score (nSPS) is 14.4. The van der Waals surface area contributed by atoms with E-state index in [1.165, 1.54) is 19.3 Å². The number of hydroxylamine groups is 6. The van der Waals surface area contributed by atoms with Crippen molar-refractivity contribution in [1.29, 1.82) is 0 Å². The summed E-state index contributed by atoms with van der Waals surface area (Å²) in [7, 11) is 1.66. The van der Waals surface area contributed by atoms with Gasteiger partial charge in [0, 0.05) is 128 Å². The number of primary amides is 3. The summed E-state index contributed by atoms with van der Waals surface area (Å²) < 4.78 is 2.80. The van der Waals surface area contributed by atoms with Gasteiger partial charge in [-0.05, 0) is 116 Å². The molecule has 57 nitrogen and oxygen atoms in total. The van der Waals surface area contributed by atoms with Gasteiger partial charge in [0.15, 0.2) is 5.78 Å². The number of nitrogens with zero attached hydrogens (tertiary/aromatic N) is 3. The minimum absolute atomic E-state index is 0.00364. The number of unbranched alkanes of at least 4 members (excludes halogenated alkanes) is 6. The van der Waals surface area contributed by atoms with Crippen LogP contribution >= 0.6 is 12.8 Å². The Labute approximate surface area is 875 Å². The van der Waals surface area contributed by atoms with Crippen LogP contribution in [0.15, 0.2) is 12.7 Å². The highest BCUT2D eigenvalue weighted by Crippen LogP contribution is 2.20. The van der Waals surface area contributed by atoms with Crippen LogP contribution in [-0.4, -0.2) is 335 Å². The van der Waals surface area contributed by atoms with Crippen molar-refractivity contribution in [2.24, 2.45) is 35.0 Å². The van der Waals surface area contributed by atoms with Crippen LogP contribution in [0.2, 0.25) is 0 Å². The Hall–Kier alpha value is -12.3. The van der Waals surface area contributed by atoms with Crippen molar-refractivity contribution in [2.75, 3.05) is 99.0 Å². The maximum Gasteiger partial charge on any atom is 0.333 e. The van der Waals surface area contributed by atoms with Crippen molar-refractivity contribution in [3.63, 3.8) is 0 Å². The third-order valence-corrected chi connectivity index (χ3v) is 22.4. The van der Waals surface area contributed by atoms with Crippen LogP contribution in [0.1, 0.15) is 259 Å². The Bertz CT molecular complexity index is 4190. The lowest BCUT2D eigenvalue weighted by atomic mass is 9.98. The largest absolute Gasteiger partial charge is 0.394 e. The number of ketones is 2. The van der Waals surface area contributed by atoms with Crippen LogP contribution in [0, 0.1) is 17.8 Å². The van der Waals surface area contributed by atoms with Crippen LogP contribution in [0.4, 0.5) is 0 Å². The molecule has 29 N–H and O–H groups in total. The quantitative estimate of drug-likeness (QED) is 0.00672. The van der Waals surface area contributed by atoms with Crippen LogP contribution < -0.4 is 108 Å². The lowest BCUT2D eigenvalue weighted by molar-refractivity contribution is -0.199. The monoisotopic (exact) mass is 2160 g/mol. The molecule has 10 atom stereocenters. The molecule has 852 valence electrons. The zero-order chi connectivity index (χ0) is 113.